The Morgan fingerprint density at radius 3 is 2.66 bits per heavy atom. The fourth-order valence-electron chi connectivity index (χ4n) is 3.21. The fourth-order valence-corrected chi connectivity index (χ4v) is 3.21. The Morgan fingerprint density at radius 2 is 1.93 bits per heavy atom. The minimum absolute atomic E-state index is 0.0711. The van der Waals surface area contributed by atoms with Crippen molar-refractivity contribution >= 4 is 16.7 Å². The number of para-hydroxylation sites is 2. The Labute approximate surface area is 167 Å². The van der Waals surface area contributed by atoms with E-state index >= 15 is 0 Å². The molecule has 4 rings (SSSR count). The van der Waals surface area contributed by atoms with Crippen LogP contribution in [0.5, 0.6) is 11.5 Å². The van der Waals surface area contributed by atoms with Crippen molar-refractivity contribution in [1.29, 1.82) is 0 Å². The Morgan fingerprint density at radius 1 is 1.10 bits per heavy atom. The molecule has 0 unspecified atom stereocenters. The lowest BCUT2D eigenvalue weighted by Gasteiger charge is -2.12. The molecule has 146 valence electrons. The van der Waals surface area contributed by atoms with Crippen LogP contribution in [-0.2, 0) is 6.61 Å². The third kappa shape index (κ3) is 3.75. The largest absolute Gasteiger partial charge is 0.496 e. The van der Waals surface area contributed by atoms with E-state index in [1.807, 2.05) is 42.5 Å². The lowest BCUT2D eigenvalue weighted by molar-refractivity contribution is -0.385. The molecule has 0 saturated carbocycles. The van der Waals surface area contributed by atoms with Crippen molar-refractivity contribution in [3.8, 4) is 22.9 Å². The van der Waals surface area contributed by atoms with Gasteiger partial charge in [-0.2, -0.15) is 0 Å². The number of nitrogens with zero attached hydrogens (tertiary/aromatic N) is 2. The molecule has 29 heavy (non-hydrogen) atoms. The molecule has 3 aromatic carbocycles. The molecule has 4 aromatic rings. The summed E-state index contributed by atoms with van der Waals surface area (Å²) >= 11 is 0. The van der Waals surface area contributed by atoms with E-state index in [1.165, 1.54) is 6.07 Å². The smallest absolute Gasteiger partial charge is 0.272 e. The van der Waals surface area contributed by atoms with Crippen molar-refractivity contribution in [3.05, 3.63) is 81.9 Å². The molecule has 0 bridgehead atoms. The van der Waals surface area contributed by atoms with Gasteiger partial charge < -0.3 is 14.5 Å². The number of aromatic amines is 1. The molecule has 1 N–H and O–H groups in total. The number of H-pyrrole nitrogens is 1. The summed E-state index contributed by atoms with van der Waals surface area (Å²) in [7, 11) is 1.61. The highest BCUT2D eigenvalue weighted by Gasteiger charge is 2.13. The second-order valence-corrected chi connectivity index (χ2v) is 6.62. The molecular weight excluding hydrogens is 370 g/mol. The standard InChI is InChI=1S/C22H19N3O4/c1-14-11-17(8-9-20(14)25(26)27)29-13-16-12-15(7-10-21(16)28-2)22-23-18-5-3-4-6-19(18)24-22/h3-12H,13H2,1-2H3,(H,23,24). The summed E-state index contributed by atoms with van der Waals surface area (Å²) in [4.78, 5) is 18.5. The third-order valence-electron chi connectivity index (χ3n) is 4.70. The van der Waals surface area contributed by atoms with Crippen molar-refractivity contribution in [2.45, 2.75) is 13.5 Å². The summed E-state index contributed by atoms with van der Waals surface area (Å²) in [6.07, 6.45) is 0. The van der Waals surface area contributed by atoms with Gasteiger partial charge in [0.2, 0.25) is 0 Å². The van der Waals surface area contributed by atoms with E-state index in [2.05, 4.69) is 9.97 Å². The van der Waals surface area contributed by atoms with Crippen molar-refractivity contribution in [3.63, 3.8) is 0 Å². The fraction of sp³-hybridized carbons (Fsp3) is 0.136. The number of nitro benzene ring substituents is 1. The zero-order chi connectivity index (χ0) is 20.4. The Kier molecular flexibility index (Phi) is 4.87. The maximum Gasteiger partial charge on any atom is 0.272 e. The van der Waals surface area contributed by atoms with Crippen molar-refractivity contribution in [2.75, 3.05) is 7.11 Å². The Balaban J connectivity index is 1.60. The number of nitrogens with one attached hydrogen (secondary N) is 1. The number of hydrogen-bond acceptors (Lipinski definition) is 5. The average Bonchev–Trinajstić information content (AvgIpc) is 3.16. The minimum atomic E-state index is -0.404. The van der Waals surface area contributed by atoms with Crippen LogP contribution < -0.4 is 9.47 Å². The molecule has 0 aliphatic heterocycles. The van der Waals surface area contributed by atoms with E-state index in [0.717, 1.165) is 28.0 Å². The van der Waals surface area contributed by atoms with Gasteiger partial charge in [0, 0.05) is 22.8 Å². The van der Waals surface area contributed by atoms with Gasteiger partial charge in [0.05, 0.1) is 23.1 Å². The number of aromatic nitrogens is 2. The highest BCUT2D eigenvalue weighted by molar-refractivity contribution is 5.79. The summed E-state index contributed by atoms with van der Waals surface area (Å²) in [6.45, 7) is 1.95. The number of fused-ring (bicyclic) bond motifs is 1. The van der Waals surface area contributed by atoms with Gasteiger partial charge in [-0.1, -0.05) is 12.1 Å². The summed E-state index contributed by atoms with van der Waals surface area (Å²) in [6, 6.07) is 18.3. The van der Waals surface area contributed by atoms with Gasteiger partial charge in [-0.05, 0) is 49.4 Å². The summed E-state index contributed by atoms with van der Waals surface area (Å²) in [5, 5.41) is 11.0. The van der Waals surface area contributed by atoms with Gasteiger partial charge in [0.1, 0.15) is 23.9 Å². The zero-order valence-corrected chi connectivity index (χ0v) is 16.0. The predicted octanol–water partition coefficient (Wildman–Crippen LogP) is 5.03. The van der Waals surface area contributed by atoms with Crippen molar-refractivity contribution < 1.29 is 14.4 Å². The summed E-state index contributed by atoms with van der Waals surface area (Å²) < 4.78 is 11.3. The van der Waals surface area contributed by atoms with Crippen molar-refractivity contribution in [1.82, 2.24) is 9.97 Å². The number of hydrogen-bond donors (Lipinski definition) is 1. The molecule has 0 amide bonds. The van der Waals surface area contributed by atoms with Gasteiger partial charge in [-0.15, -0.1) is 0 Å². The van der Waals surface area contributed by atoms with Crippen LogP contribution in [0.2, 0.25) is 0 Å². The minimum Gasteiger partial charge on any atom is -0.496 e. The number of imidazole rings is 1. The van der Waals surface area contributed by atoms with E-state index in [9.17, 15) is 10.1 Å². The van der Waals surface area contributed by atoms with E-state index in [4.69, 9.17) is 9.47 Å². The molecule has 7 heteroatoms. The maximum absolute atomic E-state index is 11.0. The first kappa shape index (κ1) is 18.5. The van der Waals surface area contributed by atoms with Gasteiger partial charge in [-0.25, -0.2) is 4.98 Å². The molecule has 0 aliphatic carbocycles. The first-order chi connectivity index (χ1) is 14.0. The third-order valence-corrected chi connectivity index (χ3v) is 4.70. The number of nitro groups is 1. The molecule has 1 heterocycles. The maximum atomic E-state index is 11.0. The molecule has 0 radical (unpaired) electrons. The zero-order valence-electron chi connectivity index (χ0n) is 16.0. The van der Waals surface area contributed by atoms with Crippen LogP contribution in [0.25, 0.3) is 22.4 Å². The molecule has 0 spiro atoms. The Bertz CT molecular complexity index is 1170. The lowest BCUT2D eigenvalue weighted by Crippen LogP contribution is -2.00. The number of aryl methyl sites for hydroxylation is 1. The van der Waals surface area contributed by atoms with Crippen LogP contribution >= 0.6 is 0 Å². The second-order valence-electron chi connectivity index (χ2n) is 6.62. The average molecular weight is 389 g/mol. The van der Waals surface area contributed by atoms with Gasteiger partial charge in [0.15, 0.2) is 0 Å². The van der Waals surface area contributed by atoms with Crippen LogP contribution in [-0.4, -0.2) is 22.0 Å². The van der Waals surface area contributed by atoms with E-state index in [1.54, 1.807) is 26.2 Å². The molecule has 7 nitrogen and oxygen atoms in total. The van der Waals surface area contributed by atoms with Gasteiger partial charge in [-0.3, -0.25) is 10.1 Å². The van der Waals surface area contributed by atoms with Crippen LogP contribution in [0.15, 0.2) is 60.7 Å². The highest BCUT2D eigenvalue weighted by atomic mass is 16.6. The topological polar surface area (TPSA) is 90.3 Å². The summed E-state index contributed by atoms with van der Waals surface area (Å²) in [5.74, 6) is 2.02. The number of methoxy groups -OCH3 is 1. The predicted molar refractivity (Wildman–Crippen MR) is 110 cm³/mol. The quantitative estimate of drug-likeness (QED) is 0.369. The van der Waals surface area contributed by atoms with Crippen LogP contribution in [0.3, 0.4) is 0 Å². The molecule has 0 atom stereocenters. The van der Waals surface area contributed by atoms with Gasteiger partial charge in [0.25, 0.3) is 5.69 Å². The normalized spacial score (nSPS) is 10.8. The first-order valence-corrected chi connectivity index (χ1v) is 9.05. The van der Waals surface area contributed by atoms with E-state index in [-0.39, 0.29) is 12.3 Å². The van der Waals surface area contributed by atoms with Crippen LogP contribution in [0.1, 0.15) is 11.1 Å². The summed E-state index contributed by atoms with van der Waals surface area (Å²) in [5.41, 5.74) is 4.26. The Hall–Kier alpha value is -3.87. The van der Waals surface area contributed by atoms with Crippen LogP contribution in [0, 0.1) is 17.0 Å². The first-order valence-electron chi connectivity index (χ1n) is 9.05. The number of rotatable bonds is 6. The van der Waals surface area contributed by atoms with Crippen LogP contribution in [0.4, 0.5) is 5.69 Å². The number of benzene rings is 3. The SMILES string of the molecule is COc1ccc(-c2nc3ccccc3[nH]2)cc1COc1ccc([N+](=O)[O-])c(C)c1. The van der Waals surface area contributed by atoms with E-state index < -0.39 is 4.92 Å². The molecular formula is C22H19N3O4. The van der Waals surface area contributed by atoms with Crippen molar-refractivity contribution in [2.24, 2.45) is 0 Å². The van der Waals surface area contributed by atoms with E-state index in [0.29, 0.717) is 17.1 Å². The molecule has 0 aliphatic rings. The highest BCUT2D eigenvalue weighted by Crippen LogP contribution is 2.29. The second kappa shape index (κ2) is 7.63. The van der Waals surface area contributed by atoms with Gasteiger partial charge >= 0.3 is 0 Å². The lowest BCUT2D eigenvalue weighted by atomic mass is 10.1. The molecule has 0 saturated heterocycles. The molecule has 1 aromatic heterocycles. The molecule has 0 fully saturated rings. The number of ether oxygens (including phenoxy) is 2. The monoisotopic (exact) mass is 389 g/mol.